The van der Waals surface area contributed by atoms with Crippen LogP contribution in [0.2, 0.25) is 0 Å². The molecule has 4 nitrogen and oxygen atoms in total. The van der Waals surface area contributed by atoms with Crippen molar-refractivity contribution in [3.05, 3.63) is 46.6 Å². The van der Waals surface area contributed by atoms with Gasteiger partial charge in [0.25, 0.3) is 0 Å². The maximum atomic E-state index is 12.6. The molecule has 0 N–H and O–H groups in total. The minimum absolute atomic E-state index is 0.00828. The molecule has 2 rings (SSSR count). The lowest BCUT2D eigenvalue weighted by Gasteiger charge is -2.17. The number of hydrogen-bond acceptors (Lipinski definition) is 4. The third-order valence-electron chi connectivity index (χ3n) is 4.62. The molecule has 0 amide bonds. The van der Waals surface area contributed by atoms with Gasteiger partial charge in [0.05, 0.1) is 0 Å². The van der Waals surface area contributed by atoms with Crippen molar-refractivity contribution in [1.82, 2.24) is 0 Å². The maximum absolute atomic E-state index is 12.6. The highest BCUT2D eigenvalue weighted by atomic mass is 16.5. The van der Waals surface area contributed by atoms with Crippen molar-refractivity contribution in [2.24, 2.45) is 5.92 Å². The summed E-state index contributed by atoms with van der Waals surface area (Å²) in [5, 5.41) is 0. The second-order valence-electron chi connectivity index (χ2n) is 6.83. The Bertz CT molecular complexity index is 699. The average molecular weight is 328 g/mol. The van der Waals surface area contributed by atoms with Gasteiger partial charge >= 0.3 is 5.97 Å². The van der Waals surface area contributed by atoms with Crippen LogP contribution < -0.4 is 0 Å². The van der Waals surface area contributed by atoms with Gasteiger partial charge in [-0.3, -0.25) is 9.59 Å². The van der Waals surface area contributed by atoms with E-state index in [1.54, 1.807) is 26.8 Å². The molecule has 24 heavy (non-hydrogen) atoms. The van der Waals surface area contributed by atoms with Gasteiger partial charge in [-0.15, -0.1) is 0 Å². The van der Waals surface area contributed by atoms with Gasteiger partial charge in [-0.05, 0) is 64.2 Å². The van der Waals surface area contributed by atoms with Crippen molar-refractivity contribution < 1.29 is 19.1 Å². The largest absolute Gasteiger partial charge is 0.450 e. The Morgan fingerprint density at radius 3 is 2.46 bits per heavy atom. The summed E-state index contributed by atoms with van der Waals surface area (Å²) in [4.78, 5) is 37.1. The molecule has 0 fully saturated rings. The van der Waals surface area contributed by atoms with Crippen LogP contribution in [0.3, 0.4) is 0 Å². The summed E-state index contributed by atoms with van der Waals surface area (Å²) in [5.74, 6) is -0.716. The molecule has 2 atom stereocenters. The van der Waals surface area contributed by atoms with E-state index in [9.17, 15) is 14.4 Å². The van der Waals surface area contributed by atoms with Crippen molar-refractivity contribution in [3.8, 4) is 0 Å². The molecule has 0 radical (unpaired) electrons. The standard InChI is InChI=1S/C20H24O4/c1-11(2)14-6-7-15-10-18(24-20(15)23)19(12(3)4)17(22)8-13(5)16(21)9-14/h8,10,14,18H,1,6-7,9H2,2-5H3/b13-8-/t14?,18-/m1/s1. The minimum Gasteiger partial charge on any atom is -0.450 e. The second kappa shape index (κ2) is 7.12. The van der Waals surface area contributed by atoms with Crippen LogP contribution in [-0.4, -0.2) is 23.6 Å². The lowest BCUT2D eigenvalue weighted by atomic mass is 9.86. The molecule has 2 bridgehead atoms. The van der Waals surface area contributed by atoms with E-state index in [1.165, 1.54) is 6.08 Å². The summed E-state index contributed by atoms with van der Waals surface area (Å²) in [7, 11) is 0. The smallest absolute Gasteiger partial charge is 0.334 e. The van der Waals surface area contributed by atoms with Gasteiger partial charge in [-0.1, -0.05) is 17.7 Å². The molecular formula is C20H24O4. The molecule has 0 saturated carbocycles. The normalized spacial score (nSPS) is 27.5. The quantitative estimate of drug-likeness (QED) is 0.419. The van der Waals surface area contributed by atoms with Gasteiger partial charge in [-0.25, -0.2) is 4.79 Å². The molecule has 0 aromatic heterocycles. The zero-order valence-electron chi connectivity index (χ0n) is 14.8. The first kappa shape index (κ1) is 18.1. The lowest BCUT2D eigenvalue weighted by Crippen LogP contribution is -2.19. The Morgan fingerprint density at radius 1 is 1.21 bits per heavy atom. The van der Waals surface area contributed by atoms with Crippen LogP contribution in [0.1, 0.15) is 47.0 Å². The van der Waals surface area contributed by atoms with Gasteiger partial charge in [0, 0.05) is 17.6 Å². The molecule has 0 spiro atoms. The number of ketones is 2. The van der Waals surface area contributed by atoms with Crippen molar-refractivity contribution in [2.75, 3.05) is 0 Å². The number of rotatable bonds is 1. The number of esters is 1. The predicted octanol–water partition coefficient (Wildman–Crippen LogP) is 3.64. The third-order valence-corrected chi connectivity index (χ3v) is 4.62. The Morgan fingerprint density at radius 2 is 1.88 bits per heavy atom. The Hall–Kier alpha value is -2.23. The minimum atomic E-state index is -0.660. The topological polar surface area (TPSA) is 60.4 Å². The van der Waals surface area contributed by atoms with Crippen LogP contribution in [0.15, 0.2) is 46.6 Å². The first-order valence-corrected chi connectivity index (χ1v) is 8.21. The van der Waals surface area contributed by atoms with Gasteiger partial charge in [0.15, 0.2) is 11.6 Å². The molecule has 2 aliphatic rings. The van der Waals surface area contributed by atoms with Crippen LogP contribution in [0.4, 0.5) is 0 Å². The van der Waals surface area contributed by atoms with Gasteiger partial charge < -0.3 is 4.74 Å². The number of carbonyl (C=O) groups excluding carboxylic acids is 3. The van der Waals surface area contributed by atoms with Crippen LogP contribution in [0.5, 0.6) is 0 Å². The van der Waals surface area contributed by atoms with E-state index in [1.807, 2.05) is 6.92 Å². The fourth-order valence-electron chi connectivity index (χ4n) is 3.07. The van der Waals surface area contributed by atoms with Crippen molar-refractivity contribution in [3.63, 3.8) is 0 Å². The predicted molar refractivity (Wildman–Crippen MR) is 92.3 cm³/mol. The molecule has 0 aromatic carbocycles. The van der Waals surface area contributed by atoms with Crippen molar-refractivity contribution in [1.29, 1.82) is 0 Å². The zero-order chi connectivity index (χ0) is 18.0. The number of ether oxygens (including phenoxy) is 1. The molecule has 1 aliphatic carbocycles. The third kappa shape index (κ3) is 3.81. The van der Waals surface area contributed by atoms with Gasteiger partial charge in [0.1, 0.15) is 6.10 Å². The molecule has 0 saturated heterocycles. The highest BCUT2D eigenvalue weighted by Crippen LogP contribution is 2.30. The maximum Gasteiger partial charge on any atom is 0.334 e. The van der Waals surface area contributed by atoms with Gasteiger partial charge in [-0.2, -0.15) is 0 Å². The van der Waals surface area contributed by atoms with E-state index in [-0.39, 0.29) is 23.5 Å². The summed E-state index contributed by atoms with van der Waals surface area (Å²) in [6.45, 7) is 11.1. The number of Topliss-reactive ketones (excluding diaryl/α,β-unsaturated/α-hetero) is 1. The molecule has 1 heterocycles. The number of hydrogen-bond donors (Lipinski definition) is 0. The monoisotopic (exact) mass is 328 g/mol. The van der Waals surface area contributed by atoms with Crippen LogP contribution >= 0.6 is 0 Å². The first-order valence-electron chi connectivity index (χ1n) is 8.21. The summed E-state index contributed by atoms with van der Waals surface area (Å²) >= 11 is 0. The SMILES string of the molecule is C=C(C)C1CCC2=C[C@@H](OC2=O)C(=C(C)C)C(=O)/C=C(/C)C(=O)C1. The van der Waals surface area contributed by atoms with E-state index in [2.05, 4.69) is 6.58 Å². The molecule has 0 aromatic rings. The fourth-order valence-corrected chi connectivity index (χ4v) is 3.07. The lowest BCUT2D eigenvalue weighted by molar-refractivity contribution is -0.138. The van der Waals surface area contributed by atoms with Crippen LogP contribution in [0, 0.1) is 5.92 Å². The molecule has 4 heteroatoms. The van der Waals surface area contributed by atoms with Crippen LogP contribution in [-0.2, 0) is 19.1 Å². The number of carbonyl (C=O) groups is 3. The summed E-state index contributed by atoms with van der Waals surface area (Å²) in [6.07, 6.45) is 3.94. The Labute approximate surface area is 143 Å². The summed E-state index contributed by atoms with van der Waals surface area (Å²) < 4.78 is 5.39. The molecular weight excluding hydrogens is 304 g/mol. The number of allylic oxidation sites excluding steroid dienone is 4. The zero-order valence-corrected chi connectivity index (χ0v) is 14.8. The van der Waals surface area contributed by atoms with E-state index in [4.69, 9.17) is 4.74 Å². The van der Waals surface area contributed by atoms with Crippen molar-refractivity contribution >= 4 is 17.5 Å². The van der Waals surface area contributed by atoms with E-state index < -0.39 is 6.10 Å². The number of fused-ring (bicyclic) bond motifs is 1. The van der Waals surface area contributed by atoms with E-state index >= 15 is 0 Å². The fraction of sp³-hybridized carbons (Fsp3) is 0.450. The second-order valence-corrected chi connectivity index (χ2v) is 6.83. The van der Waals surface area contributed by atoms with Crippen LogP contribution in [0.25, 0.3) is 0 Å². The molecule has 1 aliphatic heterocycles. The Balaban J connectivity index is 2.48. The molecule has 128 valence electrons. The first-order chi connectivity index (χ1) is 11.2. The summed E-state index contributed by atoms with van der Waals surface area (Å²) in [6, 6.07) is 0. The van der Waals surface area contributed by atoms with Gasteiger partial charge in [0.2, 0.25) is 0 Å². The van der Waals surface area contributed by atoms with E-state index in [0.29, 0.717) is 36.0 Å². The average Bonchev–Trinajstić information content (AvgIpc) is 2.82. The Kier molecular flexibility index (Phi) is 5.37. The van der Waals surface area contributed by atoms with E-state index in [0.717, 1.165) is 11.1 Å². The molecule has 1 unspecified atom stereocenters. The van der Waals surface area contributed by atoms with Crippen molar-refractivity contribution in [2.45, 2.75) is 53.1 Å². The highest BCUT2D eigenvalue weighted by molar-refractivity contribution is 6.11. The summed E-state index contributed by atoms with van der Waals surface area (Å²) in [5.41, 5.74) is 3.13. The highest BCUT2D eigenvalue weighted by Gasteiger charge is 2.32.